The summed E-state index contributed by atoms with van der Waals surface area (Å²) >= 11 is 0. The van der Waals surface area contributed by atoms with Crippen LogP contribution in [0.2, 0.25) is 0 Å². The molecular formula is C24H22N2O3. The summed E-state index contributed by atoms with van der Waals surface area (Å²) in [6, 6.07) is 26.2. The van der Waals surface area contributed by atoms with Crippen LogP contribution in [-0.4, -0.2) is 18.9 Å². The van der Waals surface area contributed by atoms with Crippen LogP contribution >= 0.6 is 0 Å². The molecule has 29 heavy (non-hydrogen) atoms. The van der Waals surface area contributed by atoms with E-state index < -0.39 is 11.8 Å². The number of amides is 2. The van der Waals surface area contributed by atoms with Crippen LogP contribution in [0, 0.1) is 0 Å². The minimum absolute atomic E-state index is 0.311. The number of rotatable bonds is 6. The van der Waals surface area contributed by atoms with Gasteiger partial charge in [0.2, 0.25) is 5.91 Å². The third-order valence-electron chi connectivity index (χ3n) is 4.38. The van der Waals surface area contributed by atoms with Gasteiger partial charge in [-0.1, -0.05) is 72.8 Å². The molecule has 0 aliphatic carbocycles. The summed E-state index contributed by atoms with van der Waals surface area (Å²) in [4.78, 5) is 24.9. The SMILES string of the molecule is COc1ccc(C=CC(=O)NNC(=O)C(c2ccccc2)c2ccccc2)cc1. The lowest BCUT2D eigenvalue weighted by Gasteiger charge is -2.17. The lowest BCUT2D eigenvalue weighted by molar-refractivity contribution is -0.127. The minimum Gasteiger partial charge on any atom is -0.497 e. The van der Waals surface area contributed by atoms with Crippen molar-refractivity contribution in [1.82, 2.24) is 10.9 Å². The van der Waals surface area contributed by atoms with Gasteiger partial charge in [0.25, 0.3) is 5.91 Å². The van der Waals surface area contributed by atoms with E-state index in [0.29, 0.717) is 0 Å². The van der Waals surface area contributed by atoms with Gasteiger partial charge in [-0.15, -0.1) is 0 Å². The topological polar surface area (TPSA) is 67.4 Å². The van der Waals surface area contributed by atoms with E-state index in [0.717, 1.165) is 22.4 Å². The van der Waals surface area contributed by atoms with E-state index in [4.69, 9.17) is 4.74 Å². The lowest BCUT2D eigenvalue weighted by Crippen LogP contribution is -2.43. The molecule has 3 rings (SSSR count). The molecule has 2 amide bonds. The maximum Gasteiger partial charge on any atom is 0.262 e. The summed E-state index contributed by atoms with van der Waals surface area (Å²) in [5.41, 5.74) is 7.51. The molecule has 3 aromatic rings. The van der Waals surface area contributed by atoms with Gasteiger partial charge >= 0.3 is 0 Å². The predicted molar refractivity (Wildman–Crippen MR) is 113 cm³/mol. The highest BCUT2D eigenvalue weighted by molar-refractivity contribution is 5.94. The fourth-order valence-electron chi connectivity index (χ4n) is 2.91. The summed E-state index contributed by atoms with van der Waals surface area (Å²) in [5, 5.41) is 0. The normalized spacial score (nSPS) is 10.7. The van der Waals surface area contributed by atoms with Gasteiger partial charge in [0, 0.05) is 6.08 Å². The van der Waals surface area contributed by atoms with Crippen molar-refractivity contribution in [1.29, 1.82) is 0 Å². The average Bonchev–Trinajstić information content (AvgIpc) is 2.78. The molecule has 3 aromatic carbocycles. The first-order valence-electron chi connectivity index (χ1n) is 9.19. The molecule has 0 heterocycles. The van der Waals surface area contributed by atoms with E-state index in [2.05, 4.69) is 10.9 Å². The summed E-state index contributed by atoms with van der Waals surface area (Å²) in [7, 11) is 1.60. The second-order valence-corrected chi connectivity index (χ2v) is 6.34. The van der Waals surface area contributed by atoms with Crippen molar-refractivity contribution in [2.45, 2.75) is 5.92 Å². The molecule has 0 saturated carbocycles. The van der Waals surface area contributed by atoms with Crippen LogP contribution in [0.1, 0.15) is 22.6 Å². The zero-order valence-corrected chi connectivity index (χ0v) is 16.0. The van der Waals surface area contributed by atoms with Crippen molar-refractivity contribution in [3.8, 4) is 5.75 Å². The van der Waals surface area contributed by atoms with Crippen LogP contribution in [0.3, 0.4) is 0 Å². The van der Waals surface area contributed by atoms with Crippen LogP contribution in [0.25, 0.3) is 6.08 Å². The summed E-state index contributed by atoms with van der Waals surface area (Å²) in [6.45, 7) is 0. The first kappa shape index (κ1) is 19.9. The fraction of sp³-hybridized carbons (Fsp3) is 0.0833. The molecule has 0 aliphatic rings. The highest BCUT2D eigenvalue weighted by Gasteiger charge is 2.22. The molecule has 0 unspecified atom stereocenters. The number of hydrogen-bond donors (Lipinski definition) is 2. The van der Waals surface area contributed by atoms with Crippen LogP contribution in [0.15, 0.2) is 91.0 Å². The second-order valence-electron chi connectivity index (χ2n) is 6.34. The molecule has 0 radical (unpaired) electrons. The van der Waals surface area contributed by atoms with Gasteiger partial charge in [0.15, 0.2) is 0 Å². The van der Waals surface area contributed by atoms with E-state index in [9.17, 15) is 9.59 Å². The summed E-state index contributed by atoms with van der Waals surface area (Å²) in [5.74, 6) is -0.516. The van der Waals surface area contributed by atoms with E-state index in [1.807, 2.05) is 84.9 Å². The standard InChI is InChI=1S/C24H22N2O3/c1-29-21-15-12-18(13-16-21)14-17-22(27)25-26-24(28)23(19-8-4-2-5-9-19)20-10-6-3-7-11-20/h2-17,23H,1H3,(H,25,27)(H,26,28). The molecule has 5 heteroatoms. The minimum atomic E-state index is -0.525. The highest BCUT2D eigenvalue weighted by atomic mass is 16.5. The molecule has 0 spiro atoms. The fourth-order valence-corrected chi connectivity index (χ4v) is 2.91. The Labute approximate surface area is 170 Å². The molecule has 0 aliphatic heterocycles. The average molecular weight is 386 g/mol. The second kappa shape index (κ2) is 9.90. The van der Waals surface area contributed by atoms with Crippen molar-refractivity contribution in [2.75, 3.05) is 7.11 Å². The van der Waals surface area contributed by atoms with E-state index in [1.165, 1.54) is 6.08 Å². The van der Waals surface area contributed by atoms with E-state index in [1.54, 1.807) is 13.2 Å². The first-order chi connectivity index (χ1) is 14.2. The Morgan fingerprint density at radius 2 is 1.34 bits per heavy atom. The first-order valence-corrected chi connectivity index (χ1v) is 9.19. The van der Waals surface area contributed by atoms with Gasteiger partial charge in [0.1, 0.15) is 5.75 Å². The number of nitrogens with one attached hydrogen (secondary N) is 2. The molecule has 146 valence electrons. The van der Waals surface area contributed by atoms with Gasteiger partial charge < -0.3 is 4.74 Å². The van der Waals surface area contributed by atoms with E-state index >= 15 is 0 Å². The Hall–Kier alpha value is -3.86. The lowest BCUT2D eigenvalue weighted by atomic mass is 9.91. The monoisotopic (exact) mass is 386 g/mol. The molecule has 0 saturated heterocycles. The van der Waals surface area contributed by atoms with Gasteiger partial charge in [-0.3, -0.25) is 20.4 Å². The molecule has 0 bridgehead atoms. The quantitative estimate of drug-likeness (QED) is 0.502. The molecular weight excluding hydrogens is 364 g/mol. The Kier molecular flexibility index (Phi) is 6.79. The van der Waals surface area contributed by atoms with E-state index in [-0.39, 0.29) is 5.91 Å². The zero-order chi connectivity index (χ0) is 20.5. The van der Waals surface area contributed by atoms with Crippen LogP contribution < -0.4 is 15.6 Å². The maximum absolute atomic E-state index is 12.8. The van der Waals surface area contributed by atoms with Crippen molar-refractivity contribution in [2.24, 2.45) is 0 Å². The van der Waals surface area contributed by atoms with Crippen molar-refractivity contribution < 1.29 is 14.3 Å². The van der Waals surface area contributed by atoms with Gasteiger partial charge in [0.05, 0.1) is 13.0 Å². The number of hydrazine groups is 1. The number of ether oxygens (including phenoxy) is 1. The highest BCUT2D eigenvalue weighted by Crippen LogP contribution is 2.24. The summed E-state index contributed by atoms with van der Waals surface area (Å²) in [6.07, 6.45) is 3.02. The number of hydrogen-bond acceptors (Lipinski definition) is 3. The van der Waals surface area contributed by atoms with Gasteiger partial charge in [-0.25, -0.2) is 0 Å². The molecule has 5 nitrogen and oxygen atoms in total. The maximum atomic E-state index is 12.8. The summed E-state index contributed by atoms with van der Waals surface area (Å²) < 4.78 is 5.10. The number of carbonyl (C=O) groups excluding carboxylic acids is 2. The molecule has 0 fully saturated rings. The van der Waals surface area contributed by atoms with Crippen molar-refractivity contribution >= 4 is 17.9 Å². The number of carbonyl (C=O) groups is 2. The van der Waals surface area contributed by atoms with Crippen LogP contribution in [-0.2, 0) is 9.59 Å². The zero-order valence-electron chi connectivity index (χ0n) is 16.0. The Morgan fingerprint density at radius 3 is 1.86 bits per heavy atom. The van der Waals surface area contributed by atoms with Gasteiger partial charge in [-0.2, -0.15) is 0 Å². The molecule has 2 N–H and O–H groups in total. The molecule has 0 aromatic heterocycles. The number of methoxy groups -OCH3 is 1. The van der Waals surface area contributed by atoms with Gasteiger partial charge in [-0.05, 0) is 34.9 Å². The smallest absolute Gasteiger partial charge is 0.262 e. The molecule has 0 atom stereocenters. The third kappa shape index (κ3) is 5.56. The Bertz CT molecular complexity index is 929. The number of benzene rings is 3. The van der Waals surface area contributed by atoms with Crippen molar-refractivity contribution in [3.63, 3.8) is 0 Å². The largest absolute Gasteiger partial charge is 0.497 e. The third-order valence-corrected chi connectivity index (χ3v) is 4.38. The predicted octanol–water partition coefficient (Wildman–Crippen LogP) is 3.69. The Morgan fingerprint density at radius 1 is 0.793 bits per heavy atom. The van der Waals surface area contributed by atoms with Crippen molar-refractivity contribution in [3.05, 3.63) is 108 Å². The van der Waals surface area contributed by atoms with Crippen LogP contribution in [0.4, 0.5) is 0 Å². The van der Waals surface area contributed by atoms with Crippen LogP contribution in [0.5, 0.6) is 5.75 Å². The Balaban J connectivity index is 1.65.